The molecule has 20 heavy (non-hydrogen) atoms. The minimum absolute atomic E-state index is 0.451. The van der Waals surface area contributed by atoms with Crippen LogP contribution < -0.4 is 10.5 Å². The van der Waals surface area contributed by atoms with Crippen molar-refractivity contribution in [3.05, 3.63) is 16.8 Å². The number of rotatable bonds is 9. The summed E-state index contributed by atoms with van der Waals surface area (Å²) in [5.74, 6) is 0.605. The Labute approximate surface area is 122 Å². The molecule has 0 fully saturated rings. The Morgan fingerprint density at radius 1 is 1.00 bits per heavy atom. The van der Waals surface area contributed by atoms with Gasteiger partial charge in [0.15, 0.2) is 0 Å². The Kier molecular flexibility index (Phi) is 7.47. The summed E-state index contributed by atoms with van der Waals surface area (Å²) in [6.45, 7) is 12.5. The van der Waals surface area contributed by atoms with E-state index in [1.807, 2.05) is 0 Å². The second-order valence-corrected chi connectivity index (χ2v) is 4.70. The van der Waals surface area contributed by atoms with Gasteiger partial charge in [-0.15, -0.1) is 5.10 Å². The van der Waals surface area contributed by atoms with Crippen molar-refractivity contribution < 1.29 is 4.74 Å². The molecule has 0 unspecified atom stereocenters. The van der Waals surface area contributed by atoms with Gasteiger partial charge in [0, 0.05) is 18.7 Å². The second-order valence-electron chi connectivity index (χ2n) is 4.70. The van der Waals surface area contributed by atoms with Crippen molar-refractivity contribution in [2.45, 2.75) is 47.1 Å². The first-order chi connectivity index (χ1) is 9.71. The van der Waals surface area contributed by atoms with Crippen molar-refractivity contribution >= 4 is 0 Å². The highest BCUT2D eigenvalue weighted by atomic mass is 16.5. The summed E-state index contributed by atoms with van der Waals surface area (Å²) in [6, 6.07) is 0. The Balaban J connectivity index is 2.79. The molecule has 0 saturated carbocycles. The molecule has 1 heterocycles. The smallest absolute Gasteiger partial charge is 0.238 e. The first kappa shape index (κ1) is 16.9. The Morgan fingerprint density at radius 2 is 1.70 bits per heavy atom. The predicted octanol–water partition coefficient (Wildman–Crippen LogP) is 1.78. The number of ether oxygens (including phenoxy) is 1. The molecule has 0 amide bonds. The highest BCUT2D eigenvalue weighted by Crippen LogP contribution is 2.22. The molecule has 0 saturated heterocycles. The molecule has 2 N–H and O–H groups in total. The van der Waals surface area contributed by atoms with Crippen LogP contribution in [0.3, 0.4) is 0 Å². The third kappa shape index (κ3) is 4.15. The van der Waals surface area contributed by atoms with Crippen LogP contribution >= 0.6 is 0 Å². The first-order valence-electron chi connectivity index (χ1n) is 7.64. The molecular weight excluding hydrogens is 252 g/mol. The van der Waals surface area contributed by atoms with Crippen molar-refractivity contribution in [2.24, 2.45) is 5.73 Å². The molecule has 1 aromatic heterocycles. The average molecular weight is 280 g/mol. The topological polar surface area (TPSA) is 64.3 Å². The van der Waals surface area contributed by atoms with Gasteiger partial charge < -0.3 is 15.4 Å². The van der Waals surface area contributed by atoms with E-state index in [9.17, 15) is 0 Å². The SMILES string of the molecule is CCc1nnc(OCCN(CC)CC)c(CN)c1CC. The molecule has 0 bridgehead atoms. The summed E-state index contributed by atoms with van der Waals surface area (Å²) >= 11 is 0. The van der Waals surface area contributed by atoms with Gasteiger partial charge in [-0.2, -0.15) is 5.10 Å². The van der Waals surface area contributed by atoms with E-state index in [0.717, 1.165) is 43.7 Å². The summed E-state index contributed by atoms with van der Waals surface area (Å²) in [4.78, 5) is 2.32. The van der Waals surface area contributed by atoms with Gasteiger partial charge in [-0.1, -0.05) is 27.7 Å². The summed E-state index contributed by atoms with van der Waals surface area (Å²) in [5, 5.41) is 8.48. The zero-order valence-electron chi connectivity index (χ0n) is 13.3. The van der Waals surface area contributed by atoms with Crippen LogP contribution in [0, 0.1) is 0 Å². The molecule has 114 valence electrons. The van der Waals surface area contributed by atoms with Crippen LogP contribution in [0.1, 0.15) is 44.5 Å². The summed E-state index contributed by atoms with van der Waals surface area (Å²) in [7, 11) is 0. The molecular formula is C15H28N4O. The lowest BCUT2D eigenvalue weighted by Gasteiger charge is -2.19. The largest absolute Gasteiger partial charge is 0.475 e. The summed E-state index contributed by atoms with van der Waals surface area (Å²) in [6.07, 6.45) is 1.79. The molecule has 0 atom stereocenters. The number of hydrogen-bond acceptors (Lipinski definition) is 5. The van der Waals surface area contributed by atoms with Gasteiger partial charge in [0.05, 0.1) is 5.69 Å². The van der Waals surface area contributed by atoms with E-state index in [1.165, 1.54) is 5.56 Å². The number of nitrogens with two attached hydrogens (primary N) is 1. The third-order valence-corrected chi connectivity index (χ3v) is 3.67. The van der Waals surface area contributed by atoms with E-state index < -0.39 is 0 Å². The fourth-order valence-electron chi connectivity index (χ4n) is 2.37. The third-order valence-electron chi connectivity index (χ3n) is 3.67. The van der Waals surface area contributed by atoms with E-state index in [4.69, 9.17) is 10.5 Å². The van der Waals surface area contributed by atoms with Gasteiger partial charge in [0.25, 0.3) is 0 Å². The minimum Gasteiger partial charge on any atom is -0.475 e. The van der Waals surface area contributed by atoms with Crippen LogP contribution in [0.25, 0.3) is 0 Å². The van der Waals surface area contributed by atoms with Gasteiger partial charge in [-0.25, -0.2) is 0 Å². The molecule has 0 aromatic carbocycles. The highest BCUT2D eigenvalue weighted by Gasteiger charge is 2.14. The van der Waals surface area contributed by atoms with E-state index in [2.05, 4.69) is 42.8 Å². The monoisotopic (exact) mass is 280 g/mol. The van der Waals surface area contributed by atoms with Crippen LogP contribution in [0.4, 0.5) is 0 Å². The Bertz CT molecular complexity index is 405. The van der Waals surface area contributed by atoms with E-state index >= 15 is 0 Å². The van der Waals surface area contributed by atoms with Gasteiger partial charge in [-0.05, 0) is 31.5 Å². The molecule has 1 rings (SSSR count). The van der Waals surface area contributed by atoms with Crippen LogP contribution in [0.15, 0.2) is 0 Å². The number of nitrogens with zero attached hydrogens (tertiary/aromatic N) is 3. The maximum absolute atomic E-state index is 5.88. The normalized spacial score (nSPS) is 11.1. The maximum atomic E-state index is 5.88. The number of hydrogen-bond donors (Lipinski definition) is 1. The molecule has 5 heteroatoms. The quantitative estimate of drug-likeness (QED) is 0.747. The van der Waals surface area contributed by atoms with Gasteiger partial charge in [-0.3, -0.25) is 0 Å². The van der Waals surface area contributed by atoms with Crippen LogP contribution in [-0.2, 0) is 19.4 Å². The average Bonchev–Trinajstić information content (AvgIpc) is 2.50. The zero-order valence-corrected chi connectivity index (χ0v) is 13.3. The molecule has 0 spiro atoms. The molecule has 1 aromatic rings. The second kappa shape index (κ2) is 8.87. The molecule has 0 aliphatic carbocycles. The van der Waals surface area contributed by atoms with Crippen molar-refractivity contribution in [3.8, 4) is 5.88 Å². The Hall–Kier alpha value is -1.20. The summed E-state index contributed by atoms with van der Waals surface area (Å²) in [5.41, 5.74) is 9.12. The van der Waals surface area contributed by atoms with Gasteiger partial charge >= 0.3 is 0 Å². The number of aryl methyl sites for hydroxylation is 1. The number of aromatic nitrogens is 2. The number of likely N-dealkylation sites (N-methyl/N-ethyl adjacent to an activating group) is 1. The van der Waals surface area contributed by atoms with E-state index in [-0.39, 0.29) is 0 Å². The lowest BCUT2D eigenvalue weighted by molar-refractivity contribution is 0.215. The van der Waals surface area contributed by atoms with Crippen LogP contribution in [0.5, 0.6) is 5.88 Å². The van der Waals surface area contributed by atoms with Crippen LogP contribution in [-0.4, -0.2) is 41.3 Å². The molecule has 0 aliphatic heterocycles. The molecule has 0 aliphatic rings. The van der Waals surface area contributed by atoms with Gasteiger partial charge in [0.2, 0.25) is 5.88 Å². The standard InChI is InChI=1S/C15H28N4O/c1-5-12-13(11-16)15(18-17-14(12)6-2)20-10-9-19(7-3)8-4/h5-11,16H2,1-4H3. The van der Waals surface area contributed by atoms with E-state index in [0.29, 0.717) is 19.0 Å². The van der Waals surface area contributed by atoms with Crippen molar-refractivity contribution in [1.82, 2.24) is 15.1 Å². The zero-order chi connectivity index (χ0) is 15.0. The van der Waals surface area contributed by atoms with Crippen LogP contribution in [0.2, 0.25) is 0 Å². The first-order valence-corrected chi connectivity index (χ1v) is 7.64. The molecule has 5 nitrogen and oxygen atoms in total. The lowest BCUT2D eigenvalue weighted by Crippen LogP contribution is -2.28. The van der Waals surface area contributed by atoms with E-state index in [1.54, 1.807) is 0 Å². The Morgan fingerprint density at radius 3 is 2.20 bits per heavy atom. The minimum atomic E-state index is 0.451. The van der Waals surface area contributed by atoms with Crippen molar-refractivity contribution in [3.63, 3.8) is 0 Å². The van der Waals surface area contributed by atoms with Crippen molar-refractivity contribution in [1.29, 1.82) is 0 Å². The fraction of sp³-hybridized carbons (Fsp3) is 0.733. The predicted molar refractivity (Wildman–Crippen MR) is 82.0 cm³/mol. The fourth-order valence-corrected chi connectivity index (χ4v) is 2.37. The molecule has 0 radical (unpaired) electrons. The maximum Gasteiger partial charge on any atom is 0.238 e. The summed E-state index contributed by atoms with van der Waals surface area (Å²) < 4.78 is 5.81. The highest BCUT2D eigenvalue weighted by molar-refractivity contribution is 5.36. The lowest BCUT2D eigenvalue weighted by atomic mass is 10.0. The van der Waals surface area contributed by atoms with Crippen molar-refractivity contribution in [2.75, 3.05) is 26.2 Å². The van der Waals surface area contributed by atoms with Gasteiger partial charge in [0.1, 0.15) is 6.61 Å².